The molecule has 1 atom stereocenters. The summed E-state index contributed by atoms with van der Waals surface area (Å²) in [5.41, 5.74) is 0.452. The molecule has 3 aromatic rings. The average molecular weight is 495 g/mol. The molecule has 35 heavy (non-hydrogen) atoms. The second kappa shape index (κ2) is 10.9. The number of aromatic nitrogens is 1. The maximum Gasteiger partial charge on any atom is 0.333 e. The topological polar surface area (TPSA) is 77.8 Å². The third kappa shape index (κ3) is 5.32. The molecule has 0 radical (unpaired) electrons. The second-order valence-electron chi connectivity index (χ2n) is 8.57. The summed E-state index contributed by atoms with van der Waals surface area (Å²) in [6.07, 6.45) is 6.07. The van der Waals surface area contributed by atoms with Crippen molar-refractivity contribution in [2.24, 2.45) is 0 Å². The number of esters is 1. The fourth-order valence-corrected chi connectivity index (χ4v) is 5.52. The molecule has 1 saturated heterocycles. The molecule has 1 aliphatic rings. The van der Waals surface area contributed by atoms with Crippen LogP contribution in [0.2, 0.25) is 0 Å². The van der Waals surface area contributed by atoms with Gasteiger partial charge in [-0.2, -0.15) is 0 Å². The molecule has 0 unspecified atom stereocenters. The molecule has 1 aromatic heterocycles. The van der Waals surface area contributed by atoms with E-state index in [4.69, 9.17) is 9.47 Å². The zero-order chi connectivity index (χ0) is 24.9. The number of methoxy groups -OCH3 is 1. The van der Waals surface area contributed by atoms with Gasteiger partial charge in [-0.25, -0.2) is 4.79 Å². The zero-order valence-electron chi connectivity index (χ0n) is 20.3. The van der Waals surface area contributed by atoms with Gasteiger partial charge in [0.05, 0.1) is 24.3 Å². The van der Waals surface area contributed by atoms with E-state index in [1.807, 2.05) is 48.2 Å². The van der Waals surface area contributed by atoms with E-state index in [2.05, 4.69) is 0 Å². The summed E-state index contributed by atoms with van der Waals surface area (Å²) >= 11 is 1.16. The van der Waals surface area contributed by atoms with Gasteiger partial charge in [0.2, 0.25) is 5.91 Å². The van der Waals surface area contributed by atoms with Crippen molar-refractivity contribution in [1.82, 2.24) is 9.47 Å². The van der Waals surface area contributed by atoms with Crippen LogP contribution in [-0.2, 0) is 20.9 Å². The van der Waals surface area contributed by atoms with Crippen molar-refractivity contribution < 1.29 is 19.1 Å². The summed E-state index contributed by atoms with van der Waals surface area (Å²) in [7, 11) is 1.59. The van der Waals surface area contributed by atoms with Crippen LogP contribution in [0.15, 0.2) is 41.2 Å². The first-order valence-electron chi connectivity index (χ1n) is 11.9. The number of carbonyl (C=O) groups is 2. The lowest BCUT2D eigenvalue weighted by Gasteiger charge is -2.33. The Morgan fingerprint density at radius 3 is 2.71 bits per heavy atom. The first kappa shape index (κ1) is 24.7. The lowest BCUT2D eigenvalue weighted by Crippen LogP contribution is -2.46. The molecular weight excluding hydrogens is 464 g/mol. The van der Waals surface area contributed by atoms with Crippen molar-refractivity contribution in [3.05, 3.63) is 61.5 Å². The molecule has 4 rings (SSSR count). The minimum Gasteiger partial charge on any atom is -0.496 e. The predicted octanol–water partition coefficient (Wildman–Crippen LogP) is 2.65. The number of carbonyl (C=O) groups excluding carboxylic acids is 2. The zero-order valence-corrected chi connectivity index (χ0v) is 21.1. The van der Waals surface area contributed by atoms with E-state index in [1.165, 1.54) is 10.6 Å². The van der Waals surface area contributed by atoms with Crippen LogP contribution < -0.4 is 19.5 Å². The molecule has 1 amide bonds. The van der Waals surface area contributed by atoms with Gasteiger partial charge in [0.25, 0.3) is 5.56 Å². The SMILES string of the molecule is CCOC(=O)/C=c1\s/c(=C\c2c(OC)ccc3ccccc23)c(=O)n1CC(=O)N1CCCC[C@@H]1C. The number of hydrogen-bond acceptors (Lipinski definition) is 6. The molecule has 184 valence electrons. The maximum atomic E-state index is 13.5. The van der Waals surface area contributed by atoms with Gasteiger partial charge in [0.15, 0.2) is 0 Å². The standard InChI is InChI=1S/C27H30N2O5S/c1-4-34-26(31)16-25-29(17-24(30)28-14-8-7-9-18(28)2)27(32)23(35-25)15-21-20-11-6-5-10-19(20)12-13-22(21)33-3/h5-6,10-13,15-16,18H,4,7-9,14,17H2,1-3H3/b23-15-,25-16-/t18-/m0/s1. The van der Waals surface area contributed by atoms with Crippen LogP contribution >= 0.6 is 11.3 Å². The fourth-order valence-electron chi connectivity index (χ4n) is 4.51. The number of amides is 1. The second-order valence-corrected chi connectivity index (χ2v) is 9.63. The van der Waals surface area contributed by atoms with Gasteiger partial charge in [-0.1, -0.05) is 30.3 Å². The van der Waals surface area contributed by atoms with E-state index in [0.717, 1.165) is 46.9 Å². The number of piperidine rings is 1. The Morgan fingerprint density at radius 1 is 1.17 bits per heavy atom. The molecule has 2 aromatic carbocycles. The Hall–Kier alpha value is -3.39. The summed E-state index contributed by atoms with van der Waals surface area (Å²) in [6.45, 7) is 4.54. The molecule has 0 bridgehead atoms. The van der Waals surface area contributed by atoms with E-state index in [0.29, 0.717) is 21.5 Å². The third-order valence-electron chi connectivity index (χ3n) is 6.31. The van der Waals surface area contributed by atoms with Crippen molar-refractivity contribution in [1.29, 1.82) is 0 Å². The summed E-state index contributed by atoms with van der Waals surface area (Å²) in [6, 6.07) is 11.8. The van der Waals surface area contributed by atoms with E-state index in [9.17, 15) is 14.4 Å². The number of hydrogen-bond donors (Lipinski definition) is 0. The quantitative estimate of drug-likeness (QED) is 0.493. The lowest BCUT2D eigenvalue weighted by atomic mass is 10.0. The largest absolute Gasteiger partial charge is 0.496 e. The van der Waals surface area contributed by atoms with Crippen LogP contribution in [0.1, 0.15) is 38.7 Å². The predicted molar refractivity (Wildman–Crippen MR) is 138 cm³/mol. The summed E-state index contributed by atoms with van der Waals surface area (Å²) in [5.74, 6) is -0.0299. The van der Waals surface area contributed by atoms with Gasteiger partial charge < -0.3 is 14.4 Å². The highest BCUT2D eigenvalue weighted by atomic mass is 32.1. The van der Waals surface area contributed by atoms with Crippen LogP contribution in [0.3, 0.4) is 0 Å². The maximum absolute atomic E-state index is 13.5. The number of ether oxygens (including phenoxy) is 2. The average Bonchev–Trinajstić information content (AvgIpc) is 3.13. The normalized spacial score (nSPS) is 17.1. The number of likely N-dealkylation sites (tertiary alicyclic amines) is 1. The third-order valence-corrected chi connectivity index (χ3v) is 7.37. The number of benzene rings is 2. The summed E-state index contributed by atoms with van der Waals surface area (Å²) < 4.78 is 12.8. The lowest BCUT2D eigenvalue weighted by molar-refractivity contribution is -0.136. The summed E-state index contributed by atoms with van der Waals surface area (Å²) in [5, 5.41) is 1.96. The van der Waals surface area contributed by atoms with Crippen LogP contribution in [0.4, 0.5) is 0 Å². The molecule has 8 heteroatoms. The minimum absolute atomic E-state index is 0.120. The van der Waals surface area contributed by atoms with Crippen molar-refractivity contribution in [3.63, 3.8) is 0 Å². The Morgan fingerprint density at radius 2 is 1.97 bits per heavy atom. The van der Waals surface area contributed by atoms with Gasteiger partial charge in [-0.05, 0) is 56.0 Å². The van der Waals surface area contributed by atoms with Crippen molar-refractivity contribution in [2.75, 3.05) is 20.3 Å². The smallest absolute Gasteiger partial charge is 0.333 e. The van der Waals surface area contributed by atoms with Gasteiger partial charge in [-0.15, -0.1) is 11.3 Å². The first-order valence-corrected chi connectivity index (χ1v) is 12.7. The van der Waals surface area contributed by atoms with E-state index in [-0.39, 0.29) is 30.7 Å². The van der Waals surface area contributed by atoms with Crippen molar-refractivity contribution in [3.8, 4) is 5.75 Å². The Balaban J connectivity index is 1.86. The van der Waals surface area contributed by atoms with Crippen LogP contribution in [-0.4, -0.2) is 47.6 Å². The van der Waals surface area contributed by atoms with Gasteiger partial charge in [-0.3, -0.25) is 14.2 Å². The van der Waals surface area contributed by atoms with Gasteiger partial charge >= 0.3 is 5.97 Å². The van der Waals surface area contributed by atoms with Crippen LogP contribution in [0, 0.1) is 0 Å². The van der Waals surface area contributed by atoms with E-state index < -0.39 is 5.97 Å². The molecule has 0 N–H and O–H groups in total. The molecule has 0 saturated carbocycles. The Kier molecular flexibility index (Phi) is 7.70. The number of thiazole rings is 1. The monoisotopic (exact) mass is 494 g/mol. The van der Waals surface area contributed by atoms with Gasteiger partial charge in [0.1, 0.15) is 17.0 Å². The Labute approximate surface area is 207 Å². The van der Waals surface area contributed by atoms with E-state index >= 15 is 0 Å². The molecule has 1 aliphatic heterocycles. The highest BCUT2D eigenvalue weighted by molar-refractivity contribution is 7.07. The molecule has 2 heterocycles. The van der Waals surface area contributed by atoms with Crippen LogP contribution in [0.5, 0.6) is 5.75 Å². The van der Waals surface area contributed by atoms with Gasteiger partial charge in [0, 0.05) is 18.2 Å². The molecule has 0 spiro atoms. The highest BCUT2D eigenvalue weighted by Crippen LogP contribution is 2.28. The van der Waals surface area contributed by atoms with Crippen molar-refractivity contribution >= 4 is 46.1 Å². The fraction of sp³-hybridized carbons (Fsp3) is 0.370. The summed E-state index contributed by atoms with van der Waals surface area (Å²) in [4.78, 5) is 40.8. The van der Waals surface area contributed by atoms with E-state index in [1.54, 1.807) is 20.1 Å². The highest BCUT2D eigenvalue weighted by Gasteiger charge is 2.24. The number of nitrogens with zero attached hydrogens (tertiary/aromatic N) is 2. The molecule has 1 fully saturated rings. The van der Waals surface area contributed by atoms with Crippen molar-refractivity contribution in [2.45, 2.75) is 45.7 Å². The molecule has 0 aliphatic carbocycles. The first-order chi connectivity index (χ1) is 16.9. The Bertz CT molecular complexity index is 1420. The molecular formula is C27H30N2O5S. The number of rotatable bonds is 6. The minimum atomic E-state index is -0.546. The van der Waals surface area contributed by atoms with Crippen LogP contribution in [0.25, 0.3) is 22.9 Å². The molecule has 7 nitrogen and oxygen atoms in total. The number of fused-ring (bicyclic) bond motifs is 1.